The minimum atomic E-state index is 0. The van der Waals surface area contributed by atoms with Crippen LogP contribution in [0.3, 0.4) is 0 Å². The first-order chi connectivity index (χ1) is 15.1. The number of benzene rings is 1. The SMILES string of the molecule is CCNC(=NCc1ccc(OC)c(OCC)c1)NC1CCN(c2ccc(C)cn2)CC1.I. The van der Waals surface area contributed by atoms with Gasteiger partial charge in [0.15, 0.2) is 17.5 Å². The lowest BCUT2D eigenvalue weighted by molar-refractivity contribution is 0.310. The molecule has 0 unspecified atom stereocenters. The first-order valence-corrected chi connectivity index (χ1v) is 11.1. The van der Waals surface area contributed by atoms with Crippen LogP contribution in [-0.2, 0) is 6.54 Å². The molecular formula is C24H36IN5O2. The van der Waals surface area contributed by atoms with E-state index in [1.54, 1.807) is 7.11 Å². The summed E-state index contributed by atoms with van der Waals surface area (Å²) in [6, 6.07) is 10.6. The average molecular weight is 553 g/mol. The van der Waals surface area contributed by atoms with Crippen molar-refractivity contribution in [1.29, 1.82) is 0 Å². The summed E-state index contributed by atoms with van der Waals surface area (Å²) < 4.78 is 11.1. The van der Waals surface area contributed by atoms with Gasteiger partial charge in [-0.15, -0.1) is 24.0 Å². The van der Waals surface area contributed by atoms with Crippen molar-refractivity contribution in [1.82, 2.24) is 15.6 Å². The molecule has 176 valence electrons. The zero-order valence-corrected chi connectivity index (χ0v) is 21.9. The highest BCUT2D eigenvalue weighted by Gasteiger charge is 2.20. The Hall–Kier alpha value is -2.23. The molecule has 0 atom stereocenters. The van der Waals surface area contributed by atoms with Crippen LogP contribution in [-0.4, -0.2) is 50.3 Å². The number of pyridine rings is 1. The fourth-order valence-electron chi connectivity index (χ4n) is 3.67. The molecule has 0 aliphatic carbocycles. The molecule has 0 amide bonds. The van der Waals surface area contributed by atoms with Crippen molar-refractivity contribution in [2.45, 2.75) is 46.2 Å². The van der Waals surface area contributed by atoms with E-state index >= 15 is 0 Å². The summed E-state index contributed by atoms with van der Waals surface area (Å²) in [5.74, 6) is 3.42. The number of anilines is 1. The molecule has 32 heavy (non-hydrogen) atoms. The van der Waals surface area contributed by atoms with E-state index in [1.165, 1.54) is 5.56 Å². The van der Waals surface area contributed by atoms with E-state index in [2.05, 4.69) is 46.5 Å². The molecule has 1 aromatic heterocycles. The Bertz CT molecular complexity index is 852. The van der Waals surface area contributed by atoms with Crippen LogP contribution in [0.4, 0.5) is 5.82 Å². The zero-order valence-electron chi connectivity index (χ0n) is 19.6. The number of methoxy groups -OCH3 is 1. The lowest BCUT2D eigenvalue weighted by Crippen LogP contribution is -2.48. The van der Waals surface area contributed by atoms with Crippen molar-refractivity contribution in [3.05, 3.63) is 47.7 Å². The molecule has 2 heterocycles. The molecule has 0 saturated carbocycles. The number of nitrogens with one attached hydrogen (secondary N) is 2. The topological polar surface area (TPSA) is 71.0 Å². The van der Waals surface area contributed by atoms with Gasteiger partial charge in [0.25, 0.3) is 0 Å². The molecule has 1 aliphatic heterocycles. The third-order valence-corrected chi connectivity index (χ3v) is 5.35. The summed E-state index contributed by atoms with van der Waals surface area (Å²) in [5.41, 5.74) is 2.28. The lowest BCUT2D eigenvalue weighted by atomic mass is 10.1. The summed E-state index contributed by atoms with van der Waals surface area (Å²) in [4.78, 5) is 11.7. The van der Waals surface area contributed by atoms with Crippen LogP contribution in [0.1, 0.15) is 37.8 Å². The van der Waals surface area contributed by atoms with Gasteiger partial charge < -0.3 is 25.0 Å². The minimum Gasteiger partial charge on any atom is -0.493 e. The Morgan fingerprint density at radius 1 is 1.16 bits per heavy atom. The third kappa shape index (κ3) is 7.43. The van der Waals surface area contributed by atoms with E-state index in [4.69, 9.17) is 14.5 Å². The van der Waals surface area contributed by atoms with Crippen molar-refractivity contribution in [2.75, 3.05) is 38.3 Å². The van der Waals surface area contributed by atoms with E-state index in [0.29, 0.717) is 19.2 Å². The molecule has 1 aromatic carbocycles. The Balaban J connectivity index is 0.00000363. The normalized spacial score (nSPS) is 14.5. The number of hydrogen-bond donors (Lipinski definition) is 2. The highest BCUT2D eigenvalue weighted by molar-refractivity contribution is 14.0. The van der Waals surface area contributed by atoms with Gasteiger partial charge in [-0.25, -0.2) is 9.98 Å². The largest absolute Gasteiger partial charge is 0.493 e. The summed E-state index contributed by atoms with van der Waals surface area (Å²) >= 11 is 0. The maximum atomic E-state index is 5.68. The summed E-state index contributed by atoms with van der Waals surface area (Å²) in [6.07, 6.45) is 4.04. The number of nitrogens with zero attached hydrogens (tertiary/aromatic N) is 3. The highest BCUT2D eigenvalue weighted by Crippen LogP contribution is 2.28. The first kappa shape index (κ1) is 26.0. The number of aliphatic imine (C=N–C) groups is 1. The molecular weight excluding hydrogens is 517 g/mol. The number of aryl methyl sites for hydroxylation is 1. The zero-order chi connectivity index (χ0) is 22.1. The molecule has 7 nitrogen and oxygen atoms in total. The molecule has 0 bridgehead atoms. The van der Waals surface area contributed by atoms with Crippen LogP contribution in [0.5, 0.6) is 11.5 Å². The summed E-state index contributed by atoms with van der Waals surface area (Å²) in [6.45, 7) is 10.1. The molecule has 1 aliphatic rings. The summed E-state index contributed by atoms with van der Waals surface area (Å²) in [5, 5.41) is 6.98. The van der Waals surface area contributed by atoms with Crippen molar-refractivity contribution in [3.8, 4) is 11.5 Å². The first-order valence-electron chi connectivity index (χ1n) is 11.1. The van der Waals surface area contributed by atoms with E-state index < -0.39 is 0 Å². The maximum Gasteiger partial charge on any atom is 0.191 e. The van der Waals surface area contributed by atoms with Crippen molar-refractivity contribution in [2.24, 2.45) is 4.99 Å². The van der Waals surface area contributed by atoms with Crippen LogP contribution in [0.15, 0.2) is 41.5 Å². The highest BCUT2D eigenvalue weighted by atomic mass is 127. The third-order valence-electron chi connectivity index (χ3n) is 5.35. The van der Waals surface area contributed by atoms with Crippen LogP contribution >= 0.6 is 24.0 Å². The van der Waals surface area contributed by atoms with Crippen LogP contribution < -0.4 is 25.0 Å². The average Bonchev–Trinajstić information content (AvgIpc) is 2.79. The predicted octanol–water partition coefficient (Wildman–Crippen LogP) is 4.14. The minimum absolute atomic E-state index is 0. The van der Waals surface area contributed by atoms with Gasteiger partial charge in [0.05, 0.1) is 20.3 Å². The molecule has 1 saturated heterocycles. The Morgan fingerprint density at radius 2 is 1.94 bits per heavy atom. The number of hydrogen-bond acceptors (Lipinski definition) is 5. The smallest absolute Gasteiger partial charge is 0.191 e. The van der Waals surface area contributed by atoms with E-state index in [0.717, 1.165) is 61.3 Å². The number of piperidine rings is 1. The second-order valence-corrected chi connectivity index (χ2v) is 7.71. The molecule has 2 N–H and O–H groups in total. The second-order valence-electron chi connectivity index (χ2n) is 7.71. The second kappa shape index (κ2) is 13.3. The molecule has 0 radical (unpaired) electrons. The van der Waals surface area contributed by atoms with Crippen LogP contribution in [0.2, 0.25) is 0 Å². The molecule has 8 heteroatoms. The van der Waals surface area contributed by atoms with Gasteiger partial charge in [-0.2, -0.15) is 0 Å². The van der Waals surface area contributed by atoms with Crippen LogP contribution in [0.25, 0.3) is 0 Å². The molecule has 1 fully saturated rings. The number of rotatable bonds is 8. The number of halogens is 1. The Kier molecular flexibility index (Phi) is 10.9. The number of aromatic nitrogens is 1. The molecule has 2 aromatic rings. The maximum absolute atomic E-state index is 5.68. The lowest BCUT2D eigenvalue weighted by Gasteiger charge is -2.33. The number of guanidine groups is 1. The van der Waals surface area contributed by atoms with Crippen LogP contribution in [0, 0.1) is 6.92 Å². The van der Waals surface area contributed by atoms with E-state index in [1.807, 2.05) is 31.3 Å². The number of ether oxygens (including phenoxy) is 2. The van der Waals surface area contributed by atoms with Crippen molar-refractivity contribution >= 4 is 35.8 Å². The van der Waals surface area contributed by atoms with Gasteiger partial charge >= 0.3 is 0 Å². The van der Waals surface area contributed by atoms with Gasteiger partial charge in [-0.3, -0.25) is 0 Å². The quantitative estimate of drug-likeness (QED) is 0.291. The Labute approximate surface area is 209 Å². The van der Waals surface area contributed by atoms with Gasteiger partial charge in [-0.1, -0.05) is 12.1 Å². The fraction of sp³-hybridized carbons (Fsp3) is 0.500. The van der Waals surface area contributed by atoms with Gasteiger partial charge in [0, 0.05) is 31.9 Å². The van der Waals surface area contributed by atoms with E-state index in [-0.39, 0.29) is 24.0 Å². The molecule has 3 rings (SSSR count). The Morgan fingerprint density at radius 3 is 2.56 bits per heavy atom. The van der Waals surface area contributed by atoms with Crippen molar-refractivity contribution in [3.63, 3.8) is 0 Å². The van der Waals surface area contributed by atoms with Gasteiger partial charge in [0.1, 0.15) is 5.82 Å². The van der Waals surface area contributed by atoms with E-state index in [9.17, 15) is 0 Å². The molecule has 0 spiro atoms. The monoisotopic (exact) mass is 553 g/mol. The predicted molar refractivity (Wildman–Crippen MR) is 142 cm³/mol. The fourth-order valence-corrected chi connectivity index (χ4v) is 3.67. The standard InChI is InChI=1S/C24H35N5O2.HI/c1-5-25-24(27-17-19-8-9-21(30-4)22(15-19)31-6-2)28-20-11-13-29(14-12-20)23-10-7-18(3)16-26-23;/h7-10,15-16,20H,5-6,11-14,17H2,1-4H3,(H2,25,27,28);1H. The summed E-state index contributed by atoms with van der Waals surface area (Å²) in [7, 11) is 1.66. The van der Waals surface area contributed by atoms with Gasteiger partial charge in [-0.05, 0) is 62.9 Å². The van der Waals surface area contributed by atoms with Crippen molar-refractivity contribution < 1.29 is 9.47 Å². The van der Waals surface area contributed by atoms with Gasteiger partial charge in [0.2, 0.25) is 0 Å².